The summed E-state index contributed by atoms with van der Waals surface area (Å²) in [7, 11) is 3.39. The van der Waals surface area contributed by atoms with Gasteiger partial charge in [-0.15, -0.1) is 0 Å². The Bertz CT molecular complexity index is 586. The van der Waals surface area contributed by atoms with Gasteiger partial charge < -0.3 is 19.5 Å². The van der Waals surface area contributed by atoms with E-state index in [0.29, 0.717) is 6.61 Å². The molecule has 0 aliphatic heterocycles. The summed E-state index contributed by atoms with van der Waals surface area (Å²) in [5.74, 6) is 1.54. The molecule has 0 aromatic heterocycles. The standard InChI is InChI=1S/C19H25NO3/c1-4-23-17-11-10-15(12-18(17)21-2)13-20-14-19(22-3)16-8-6-5-7-9-16/h5-12,19-20H,4,13-14H2,1-3H3. The lowest BCUT2D eigenvalue weighted by molar-refractivity contribution is 0.102. The summed E-state index contributed by atoms with van der Waals surface area (Å²) in [5, 5.41) is 3.43. The molecule has 0 spiro atoms. The highest BCUT2D eigenvalue weighted by Crippen LogP contribution is 2.28. The molecule has 4 nitrogen and oxygen atoms in total. The molecular formula is C19H25NO3. The predicted molar refractivity (Wildman–Crippen MR) is 92.1 cm³/mol. The van der Waals surface area contributed by atoms with Crippen LogP contribution in [0.5, 0.6) is 11.5 Å². The Balaban J connectivity index is 1.92. The molecule has 23 heavy (non-hydrogen) atoms. The quantitative estimate of drug-likeness (QED) is 0.768. The van der Waals surface area contributed by atoms with E-state index in [4.69, 9.17) is 14.2 Å². The highest BCUT2D eigenvalue weighted by molar-refractivity contribution is 5.42. The number of nitrogens with one attached hydrogen (secondary N) is 1. The minimum Gasteiger partial charge on any atom is -0.493 e. The Morgan fingerprint density at radius 1 is 1.00 bits per heavy atom. The molecule has 0 bridgehead atoms. The first kappa shape index (κ1) is 17.3. The largest absolute Gasteiger partial charge is 0.493 e. The van der Waals surface area contributed by atoms with Gasteiger partial charge in [0.15, 0.2) is 11.5 Å². The minimum absolute atomic E-state index is 0.0424. The molecule has 0 heterocycles. The van der Waals surface area contributed by atoms with Gasteiger partial charge in [-0.05, 0) is 30.2 Å². The Kier molecular flexibility index (Phi) is 6.91. The van der Waals surface area contributed by atoms with Crippen LogP contribution >= 0.6 is 0 Å². The third kappa shape index (κ3) is 4.98. The van der Waals surface area contributed by atoms with Crippen molar-refractivity contribution in [1.82, 2.24) is 5.32 Å². The van der Waals surface area contributed by atoms with Gasteiger partial charge in [-0.3, -0.25) is 0 Å². The fourth-order valence-corrected chi connectivity index (χ4v) is 2.45. The Labute approximate surface area is 138 Å². The van der Waals surface area contributed by atoms with Crippen molar-refractivity contribution in [3.8, 4) is 11.5 Å². The lowest BCUT2D eigenvalue weighted by Gasteiger charge is -2.17. The first-order valence-electron chi connectivity index (χ1n) is 7.86. The van der Waals surface area contributed by atoms with Crippen LogP contribution in [0.15, 0.2) is 48.5 Å². The predicted octanol–water partition coefficient (Wildman–Crippen LogP) is 3.57. The van der Waals surface area contributed by atoms with Gasteiger partial charge >= 0.3 is 0 Å². The minimum atomic E-state index is 0.0424. The molecule has 0 radical (unpaired) electrons. The SMILES string of the molecule is CCOc1ccc(CNCC(OC)c2ccccc2)cc1OC. The van der Waals surface area contributed by atoms with Crippen LogP contribution in [0.1, 0.15) is 24.2 Å². The van der Waals surface area contributed by atoms with Crippen LogP contribution in [0.25, 0.3) is 0 Å². The second-order valence-corrected chi connectivity index (χ2v) is 5.18. The third-order valence-corrected chi connectivity index (χ3v) is 3.64. The van der Waals surface area contributed by atoms with Gasteiger partial charge in [-0.2, -0.15) is 0 Å². The van der Waals surface area contributed by atoms with Crippen LogP contribution in [0, 0.1) is 0 Å². The molecule has 0 saturated carbocycles. The van der Waals surface area contributed by atoms with Crippen LogP contribution in [0.4, 0.5) is 0 Å². The van der Waals surface area contributed by atoms with E-state index in [2.05, 4.69) is 17.4 Å². The molecular weight excluding hydrogens is 290 g/mol. The van der Waals surface area contributed by atoms with E-state index in [1.807, 2.05) is 43.3 Å². The molecule has 2 aromatic rings. The highest BCUT2D eigenvalue weighted by atomic mass is 16.5. The number of methoxy groups -OCH3 is 2. The molecule has 124 valence electrons. The molecule has 4 heteroatoms. The summed E-state index contributed by atoms with van der Waals surface area (Å²) in [5.41, 5.74) is 2.32. The topological polar surface area (TPSA) is 39.7 Å². The average molecular weight is 315 g/mol. The number of hydrogen-bond donors (Lipinski definition) is 1. The van der Waals surface area contributed by atoms with Crippen LogP contribution in [-0.4, -0.2) is 27.4 Å². The number of rotatable bonds is 9. The van der Waals surface area contributed by atoms with Crippen molar-refractivity contribution in [2.75, 3.05) is 27.4 Å². The lowest BCUT2D eigenvalue weighted by Crippen LogP contribution is -2.22. The van der Waals surface area contributed by atoms with E-state index in [0.717, 1.165) is 30.2 Å². The molecule has 2 rings (SSSR count). The van der Waals surface area contributed by atoms with Crippen LogP contribution in [-0.2, 0) is 11.3 Å². The molecule has 0 aliphatic rings. The molecule has 1 atom stereocenters. The van der Waals surface area contributed by atoms with Gasteiger partial charge in [0, 0.05) is 20.2 Å². The fourth-order valence-electron chi connectivity index (χ4n) is 2.45. The molecule has 0 saturated heterocycles. The Hall–Kier alpha value is -2.04. The maximum Gasteiger partial charge on any atom is 0.161 e. The molecule has 1 unspecified atom stereocenters. The van der Waals surface area contributed by atoms with Gasteiger partial charge in [0.25, 0.3) is 0 Å². The van der Waals surface area contributed by atoms with Gasteiger partial charge in [0.2, 0.25) is 0 Å². The van der Waals surface area contributed by atoms with Crippen molar-refractivity contribution in [3.63, 3.8) is 0 Å². The van der Waals surface area contributed by atoms with E-state index in [1.165, 1.54) is 5.56 Å². The molecule has 2 aromatic carbocycles. The van der Waals surface area contributed by atoms with Crippen molar-refractivity contribution in [2.45, 2.75) is 19.6 Å². The van der Waals surface area contributed by atoms with E-state index in [9.17, 15) is 0 Å². The number of benzene rings is 2. The Morgan fingerprint density at radius 2 is 1.78 bits per heavy atom. The van der Waals surface area contributed by atoms with Crippen molar-refractivity contribution < 1.29 is 14.2 Å². The summed E-state index contributed by atoms with van der Waals surface area (Å²) >= 11 is 0. The van der Waals surface area contributed by atoms with Crippen molar-refractivity contribution in [1.29, 1.82) is 0 Å². The Morgan fingerprint density at radius 3 is 2.43 bits per heavy atom. The zero-order chi connectivity index (χ0) is 16.5. The maximum absolute atomic E-state index is 5.56. The molecule has 0 aliphatic carbocycles. The van der Waals surface area contributed by atoms with Crippen molar-refractivity contribution >= 4 is 0 Å². The van der Waals surface area contributed by atoms with Crippen molar-refractivity contribution in [3.05, 3.63) is 59.7 Å². The van der Waals surface area contributed by atoms with E-state index in [-0.39, 0.29) is 6.10 Å². The van der Waals surface area contributed by atoms with Gasteiger partial charge in [0.05, 0.1) is 19.8 Å². The van der Waals surface area contributed by atoms with Gasteiger partial charge in [-0.1, -0.05) is 36.4 Å². The summed E-state index contributed by atoms with van der Waals surface area (Å²) in [6.07, 6.45) is 0.0424. The lowest BCUT2D eigenvalue weighted by atomic mass is 10.1. The smallest absolute Gasteiger partial charge is 0.161 e. The summed E-state index contributed by atoms with van der Waals surface area (Å²) in [4.78, 5) is 0. The molecule has 1 N–H and O–H groups in total. The highest BCUT2D eigenvalue weighted by Gasteiger charge is 2.10. The zero-order valence-electron chi connectivity index (χ0n) is 14.0. The third-order valence-electron chi connectivity index (χ3n) is 3.64. The zero-order valence-corrected chi connectivity index (χ0v) is 14.0. The number of ether oxygens (including phenoxy) is 3. The first-order valence-corrected chi connectivity index (χ1v) is 7.86. The van der Waals surface area contributed by atoms with Crippen LogP contribution < -0.4 is 14.8 Å². The molecule has 0 fully saturated rings. The average Bonchev–Trinajstić information content (AvgIpc) is 2.60. The van der Waals surface area contributed by atoms with Crippen molar-refractivity contribution in [2.24, 2.45) is 0 Å². The summed E-state index contributed by atoms with van der Waals surface area (Å²) in [6.45, 7) is 4.08. The van der Waals surface area contributed by atoms with Crippen LogP contribution in [0.2, 0.25) is 0 Å². The monoisotopic (exact) mass is 315 g/mol. The second-order valence-electron chi connectivity index (χ2n) is 5.18. The van der Waals surface area contributed by atoms with E-state index < -0.39 is 0 Å². The first-order chi connectivity index (χ1) is 11.3. The van der Waals surface area contributed by atoms with Gasteiger partial charge in [-0.25, -0.2) is 0 Å². The molecule has 0 amide bonds. The fraction of sp³-hybridized carbons (Fsp3) is 0.368. The van der Waals surface area contributed by atoms with E-state index >= 15 is 0 Å². The summed E-state index contributed by atoms with van der Waals surface area (Å²) in [6, 6.07) is 16.2. The van der Waals surface area contributed by atoms with Gasteiger partial charge in [0.1, 0.15) is 0 Å². The van der Waals surface area contributed by atoms with Crippen LogP contribution in [0.3, 0.4) is 0 Å². The normalized spacial score (nSPS) is 12.0. The number of hydrogen-bond acceptors (Lipinski definition) is 4. The van der Waals surface area contributed by atoms with E-state index in [1.54, 1.807) is 14.2 Å². The summed E-state index contributed by atoms with van der Waals surface area (Å²) < 4.78 is 16.5. The second kappa shape index (κ2) is 9.18. The maximum atomic E-state index is 5.56.